The number of hydrogen-bond acceptors (Lipinski definition) is 4. The van der Waals surface area contributed by atoms with Crippen molar-refractivity contribution < 1.29 is 14.6 Å². The third-order valence-corrected chi connectivity index (χ3v) is 0.857. The second kappa shape index (κ2) is 6.90. The van der Waals surface area contributed by atoms with E-state index < -0.39 is 5.97 Å². The van der Waals surface area contributed by atoms with E-state index in [0.29, 0.717) is 6.54 Å². The van der Waals surface area contributed by atoms with Crippen LogP contribution in [-0.2, 0) is 14.6 Å². The van der Waals surface area contributed by atoms with Gasteiger partial charge in [-0.15, -0.1) is 0 Å². The summed E-state index contributed by atoms with van der Waals surface area (Å²) in [5.74, 6) is 1.99. The third-order valence-electron chi connectivity index (χ3n) is 0.857. The van der Waals surface area contributed by atoms with E-state index in [4.69, 9.17) is 0 Å². The minimum atomic E-state index is -0.429. The van der Waals surface area contributed by atoms with Crippen LogP contribution in [0.1, 0.15) is 13.3 Å². The minimum Gasteiger partial charge on any atom is -0.319 e. The number of rotatable bonds is 4. The van der Waals surface area contributed by atoms with Gasteiger partial charge in [-0.2, -0.15) is 0 Å². The van der Waals surface area contributed by atoms with Crippen molar-refractivity contribution in [3.8, 4) is 12.0 Å². The zero-order valence-electron chi connectivity index (χ0n) is 6.64. The van der Waals surface area contributed by atoms with Crippen molar-refractivity contribution in [2.24, 2.45) is 0 Å². The molecule has 0 aliphatic rings. The summed E-state index contributed by atoms with van der Waals surface area (Å²) in [6.45, 7) is 2.16. The molecule has 0 spiro atoms. The second-order valence-corrected chi connectivity index (χ2v) is 1.74. The Balaban J connectivity index is 3.27. The zero-order valence-corrected chi connectivity index (χ0v) is 6.64. The summed E-state index contributed by atoms with van der Waals surface area (Å²) < 4.78 is 0. The SMILES string of the molecule is CC#COOC(=O)CCNC. The molecule has 0 saturated heterocycles. The van der Waals surface area contributed by atoms with Gasteiger partial charge in [-0.25, -0.2) is 14.6 Å². The Labute approximate surface area is 65.8 Å². The van der Waals surface area contributed by atoms with Gasteiger partial charge in [-0.3, -0.25) is 0 Å². The first-order chi connectivity index (χ1) is 5.31. The highest BCUT2D eigenvalue weighted by molar-refractivity contribution is 5.68. The van der Waals surface area contributed by atoms with Crippen molar-refractivity contribution in [1.82, 2.24) is 5.32 Å². The summed E-state index contributed by atoms with van der Waals surface area (Å²) in [6.07, 6.45) is 2.42. The molecule has 0 aliphatic heterocycles. The first-order valence-corrected chi connectivity index (χ1v) is 3.24. The summed E-state index contributed by atoms with van der Waals surface area (Å²) in [5, 5.41) is 2.80. The Morgan fingerprint density at radius 2 is 2.36 bits per heavy atom. The average molecular weight is 157 g/mol. The van der Waals surface area contributed by atoms with Gasteiger partial charge in [-0.05, 0) is 7.05 Å². The maximum Gasteiger partial charge on any atom is 0.357 e. The molecule has 0 aromatic rings. The highest BCUT2D eigenvalue weighted by atomic mass is 17.2. The number of nitrogens with one attached hydrogen (secondary N) is 1. The molecular weight excluding hydrogens is 146 g/mol. The molecule has 62 valence electrons. The summed E-state index contributed by atoms with van der Waals surface area (Å²) in [6, 6.07) is 0. The Bertz CT molecular complexity index is 168. The lowest BCUT2D eigenvalue weighted by Gasteiger charge is -1.96. The van der Waals surface area contributed by atoms with Crippen molar-refractivity contribution in [1.29, 1.82) is 0 Å². The van der Waals surface area contributed by atoms with Crippen LogP contribution in [0.3, 0.4) is 0 Å². The van der Waals surface area contributed by atoms with Gasteiger partial charge in [0.2, 0.25) is 0 Å². The van der Waals surface area contributed by atoms with Gasteiger partial charge in [0.1, 0.15) is 0 Å². The van der Waals surface area contributed by atoms with Crippen molar-refractivity contribution in [2.75, 3.05) is 13.6 Å². The van der Waals surface area contributed by atoms with E-state index in [-0.39, 0.29) is 6.42 Å². The van der Waals surface area contributed by atoms with Crippen LogP contribution >= 0.6 is 0 Å². The predicted octanol–water partition coefficient (Wildman–Crippen LogP) is 0.0515. The minimum absolute atomic E-state index is 0.280. The molecule has 0 aromatic heterocycles. The summed E-state index contributed by atoms with van der Waals surface area (Å²) >= 11 is 0. The third kappa shape index (κ3) is 6.68. The van der Waals surface area contributed by atoms with Crippen LogP contribution in [0.15, 0.2) is 0 Å². The fraction of sp³-hybridized carbons (Fsp3) is 0.571. The molecule has 0 aliphatic carbocycles. The Hall–Kier alpha value is -1.21. The fourth-order valence-electron chi connectivity index (χ4n) is 0.378. The molecular formula is C7H11NO3. The first-order valence-electron chi connectivity index (χ1n) is 3.24. The van der Waals surface area contributed by atoms with Crippen LogP contribution in [0.25, 0.3) is 0 Å². The zero-order chi connectivity index (χ0) is 8.53. The predicted molar refractivity (Wildman–Crippen MR) is 39.2 cm³/mol. The molecule has 0 fully saturated rings. The van der Waals surface area contributed by atoms with Gasteiger partial charge in [0.05, 0.1) is 6.42 Å². The van der Waals surface area contributed by atoms with E-state index in [9.17, 15) is 4.79 Å². The lowest BCUT2D eigenvalue weighted by Crippen LogP contribution is -2.14. The normalized spacial score (nSPS) is 7.82. The molecule has 0 aromatic carbocycles. The van der Waals surface area contributed by atoms with Crippen molar-refractivity contribution in [2.45, 2.75) is 13.3 Å². The molecule has 0 rings (SSSR count). The molecule has 0 atom stereocenters. The van der Waals surface area contributed by atoms with E-state index in [1.807, 2.05) is 0 Å². The maximum atomic E-state index is 10.6. The van der Waals surface area contributed by atoms with Gasteiger partial charge in [0, 0.05) is 13.5 Å². The molecule has 0 saturated carbocycles. The molecule has 1 N–H and O–H groups in total. The van der Waals surface area contributed by atoms with Crippen LogP contribution < -0.4 is 5.32 Å². The maximum absolute atomic E-state index is 10.6. The molecule has 4 heteroatoms. The van der Waals surface area contributed by atoms with Gasteiger partial charge in [-0.1, -0.05) is 5.92 Å². The van der Waals surface area contributed by atoms with Gasteiger partial charge < -0.3 is 5.32 Å². The van der Waals surface area contributed by atoms with Crippen molar-refractivity contribution >= 4 is 5.97 Å². The van der Waals surface area contributed by atoms with Gasteiger partial charge in [0.25, 0.3) is 0 Å². The van der Waals surface area contributed by atoms with Crippen molar-refractivity contribution in [3.63, 3.8) is 0 Å². The lowest BCUT2D eigenvalue weighted by atomic mass is 10.4. The molecule has 0 amide bonds. The van der Waals surface area contributed by atoms with Crippen molar-refractivity contribution in [3.05, 3.63) is 0 Å². The smallest absolute Gasteiger partial charge is 0.319 e. The molecule has 0 radical (unpaired) electrons. The highest BCUT2D eigenvalue weighted by Crippen LogP contribution is 1.84. The quantitative estimate of drug-likeness (QED) is 0.356. The van der Waals surface area contributed by atoms with E-state index in [1.165, 1.54) is 0 Å². The monoisotopic (exact) mass is 157 g/mol. The van der Waals surface area contributed by atoms with Crippen LogP contribution in [0, 0.1) is 12.0 Å². The number of carbonyl (C=O) groups is 1. The van der Waals surface area contributed by atoms with Crippen LogP contribution in [-0.4, -0.2) is 19.6 Å². The van der Waals surface area contributed by atoms with Crippen LogP contribution in [0.2, 0.25) is 0 Å². The van der Waals surface area contributed by atoms with Gasteiger partial charge >= 0.3 is 5.97 Å². The van der Waals surface area contributed by atoms with E-state index in [2.05, 4.69) is 27.1 Å². The summed E-state index contributed by atoms with van der Waals surface area (Å²) in [5.41, 5.74) is 0. The first kappa shape index (κ1) is 9.79. The Kier molecular flexibility index (Phi) is 6.14. The molecule has 0 unspecified atom stereocenters. The standard InChI is InChI=1S/C7H11NO3/c1-3-6-10-11-7(9)4-5-8-2/h8H,4-5H2,1-2H3. The van der Waals surface area contributed by atoms with Gasteiger partial charge in [0.15, 0.2) is 6.11 Å². The molecule has 0 heterocycles. The summed E-state index contributed by atoms with van der Waals surface area (Å²) in [4.78, 5) is 19.1. The second-order valence-electron chi connectivity index (χ2n) is 1.74. The average Bonchev–Trinajstić information content (AvgIpc) is 2.01. The Morgan fingerprint density at radius 3 is 2.91 bits per heavy atom. The largest absolute Gasteiger partial charge is 0.357 e. The lowest BCUT2D eigenvalue weighted by molar-refractivity contribution is -0.230. The fourth-order valence-corrected chi connectivity index (χ4v) is 0.378. The molecule has 0 bridgehead atoms. The molecule has 4 nitrogen and oxygen atoms in total. The van der Waals surface area contributed by atoms with E-state index in [0.717, 1.165) is 0 Å². The Morgan fingerprint density at radius 1 is 1.64 bits per heavy atom. The van der Waals surface area contributed by atoms with E-state index >= 15 is 0 Å². The highest BCUT2D eigenvalue weighted by Gasteiger charge is 2.00. The number of hydrogen-bond donors (Lipinski definition) is 1. The van der Waals surface area contributed by atoms with Crippen LogP contribution in [0.5, 0.6) is 0 Å². The van der Waals surface area contributed by atoms with Crippen LogP contribution in [0.4, 0.5) is 0 Å². The summed E-state index contributed by atoms with van der Waals surface area (Å²) in [7, 11) is 1.75. The van der Waals surface area contributed by atoms with E-state index in [1.54, 1.807) is 14.0 Å². The number of carbonyl (C=O) groups excluding carboxylic acids is 1. The molecule has 11 heavy (non-hydrogen) atoms. The topological polar surface area (TPSA) is 47.6 Å².